The van der Waals surface area contributed by atoms with Crippen molar-refractivity contribution in [3.05, 3.63) is 29.8 Å². The summed E-state index contributed by atoms with van der Waals surface area (Å²) in [6, 6.07) is 8.57. The van der Waals surface area contributed by atoms with Crippen molar-refractivity contribution in [3.8, 4) is 0 Å². The van der Waals surface area contributed by atoms with Crippen molar-refractivity contribution in [2.24, 2.45) is 5.73 Å². The van der Waals surface area contributed by atoms with Gasteiger partial charge in [-0.3, -0.25) is 0 Å². The van der Waals surface area contributed by atoms with E-state index in [1.165, 1.54) is 11.3 Å². The highest BCUT2D eigenvalue weighted by Crippen LogP contribution is 2.20. The third-order valence-electron chi connectivity index (χ3n) is 2.88. The van der Waals surface area contributed by atoms with E-state index in [-0.39, 0.29) is 5.54 Å². The highest BCUT2D eigenvalue weighted by atomic mass is 15.1. The van der Waals surface area contributed by atoms with Crippen LogP contribution in [0.3, 0.4) is 0 Å². The summed E-state index contributed by atoms with van der Waals surface area (Å²) in [7, 11) is 2.14. The van der Waals surface area contributed by atoms with Gasteiger partial charge in [-0.05, 0) is 38.3 Å². The van der Waals surface area contributed by atoms with Gasteiger partial charge in [0.15, 0.2) is 0 Å². The summed E-state index contributed by atoms with van der Waals surface area (Å²) in [5, 5.41) is 0. The number of nitrogens with zero attached hydrogens (tertiary/aromatic N) is 1. The van der Waals surface area contributed by atoms with E-state index in [2.05, 4.69) is 57.0 Å². The second-order valence-corrected chi connectivity index (χ2v) is 5.14. The quantitative estimate of drug-likeness (QED) is 0.826. The summed E-state index contributed by atoms with van der Waals surface area (Å²) in [4.78, 5) is 2.30. The van der Waals surface area contributed by atoms with Crippen molar-refractivity contribution < 1.29 is 0 Å². The minimum absolute atomic E-state index is 0.0879. The summed E-state index contributed by atoms with van der Waals surface area (Å²) in [6.07, 6.45) is 2.08. The van der Waals surface area contributed by atoms with Crippen LogP contribution in [0.1, 0.15) is 32.8 Å². The van der Waals surface area contributed by atoms with Crippen molar-refractivity contribution in [2.45, 2.75) is 39.2 Å². The zero-order valence-electron chi connectivity index (χ0n) is 11.0. The lowest BCUT2D eigenvalue weighted by molar-refractivity contribution is 0.479. The van der Waals surface area contributed by atoms with Gasteiger partial charge in [-0.25, -0.2) is 0 Å². The van der Waals surface area contributed by atoms with E-state index in [1.807, 2.05) is 0 Å². The molecule has 0 spiro atoms. The second-order valence-electron chi connectivity index (χ2n) is 5.14. The third kappa shape index (κ3) is 3.86. The van der Waals surface area contributed by atoms with Crippen LogP contribution in [-0.2, 0) is 6.42 Å². The molecule has 2 heteroatoms. The Morgan fingerprint density at radius 1 is 1.25 bits per heavy atom. The van der Waals surface area contributed by atoms with E-state index < -0.39 is 0 Å². The summed E-state index contributed by atoms with van der Waals surface area (Å²) in [5.74, 6) is 0. The maximum Gasteiger partial charge on any atom is 0.0396 e. The molecule has 0 aliphatic carbocycles. The molecule has 0 bridgehead atoms. The van der Waals surface area contributed by atoms with Crippen LogP contribution in [-0.4, -0.2) is 19.1 Å². The van der Waals surface area contributed by atoms with Crippen molar-refractivity contribution in [2.75, 3.05) is 18.5 Å². The van der Waals surface area contributed by atoms with Crippen LogP contribution in [0.2, 0.25) is 0 Å². The van der Waals surface area contributed by atoms with Crippen molar-refractivity contribution >= 4 is 5.69 Å². The number of benzene rings is 1. The highest BCUT2D eigenvalue weighted by molar-refractivity contribution is 5.52. The predicted octanol–water partition coefficient (Wildman–Crippen LogP) is 2.81. The molecule has 1 aromatic carbocycles. The molecule has 0 fully saturated rings. The monoisotopic (exact) mass is 220 g/mol. The fraction of sp³-hybridized carbons (Fsp3) is 0.571. The Balaban J connectivity index is 2.69. The summed E-state index contributed by atoms with van der Waals surface area (Å²) < 4.78 is 0. The molecule has 0 aliphatic rings. The average molecular weight is 220 g/mol. The highest BCUT2D eigenvalue weighted by Gasteiger charge is 2.13. The van der Waals surface area contributed by atoms with Crippen LogP contribution in [0.15, 0.2) is 24.3 Å². The molecular weight excluding hydrogens is 196 g/mol. The Labute approximate surface area is 99.5 Å². The third-order valence-corrected chi connectivity index (χ3v) is 2.88. The number of aryl methyl sites for hydroxylation is 1. The van der Waals surface area contributed by atoms with Gasteiger partial charge in [0, 0.05) is 24.8 Å². The number of nitrogens with two attached hydrogens (primary N) is 1. The van der Waals surface area contributed by atoms with Crippen LogP contribution in [0.25, 0.3) is 0 Å². The minimum Gasteiger partial charge on any atom is -0.374 e. The van der Waals surface area contributed by atoms with E-state index in [0.717, 1.165) is 19.4 Å². The van der Waals surface area contributed by atoms with Gasteiger partial charge in [0.2, 0.25) is 0 Å². The molecule has 1 rings (SSSR count). The van der Waals surface area contributed by atoms with Crippen molar-refractivity contribution in [1.29, 1.82) is 0 Å². The fourth-order valence-electron chi connectivity index (χ4n) is 1.76. The van der Waals surface area contributed by atoms with E-state index in [4.69, 9.17) is 5.73 Å². The van der Waals surface area contributed by atoms with E-state index in [9.17, 15) is 0 Å². The fourth-order valence-corrected chi connectivity index (χ4v) is 1.76. The zero-order chi connectivity index (χ0) is 12.2. The first-order valence-corrected chi connectivity index (χ1v) is 6.02. The topological polar surface area (TPSA) is 29.3 Å². The summed E-state index contributed by atoms with van der Waals surface area (Å²) in [6.45, 7) is 7.35. The Hall–Kier alpha value is -1.02. The van der Waals surface area contributed by atoms with Gasteiger partial charge in [-0.15, -0.1) is 0 Å². The largest absolute Gasteiger partial charge is 0.374 e. The minimum atomic E-state index is -0.0879. The number of anilines is 1. The lowest BCUT2D eigenvalue weighted by atomic mass is 10.0. The molecule has 0 radical (unpaired) electrons. The molecule has 0 saturated heterocycles. The molecule has 0 aromatic heterocycles. The maximum atomic E-state index is 6.01. The lowest BCUT2D eigenvalue weighted by Gasteiger charge is -2.26. The Bertz CT molecular complexity index is 326. The molecule has 16 heavy (non-hydrogen) atoms. The molecule has 0 heterocycles. The number of hydrogen-bond donors (Lipinski definition) is 1. The van der Waals surface area contributed by atoms with Crippen LogP contribution in [0, 0.1) is 0 Å². The standard InChI is InChI=1S/C14H24N2/c1-5-12-8-6-7-9-13(12)16(4)11-10-14(2,3)15/h6-9H,5,10-11,15H2,1-4H3. The predicted molar refractivity (Wildman–Crippen MR) is 72.0 cm³/mol. The molecule has 2 N–H and O–H groups in total. The van der Waals surface area contributed by atoms with Crippen LogP contribution in [0.5, 0.6) is 0 Å². The first-order chi connectivity index (χ1) is 7.44. The SMILES string of the molecule is CCc1ccccc1N(C)CCC(C)(C)N. The van der Waals surface area contributed by atoms with Crippen LogP contribution < -0.4 is 10.6 Å². The average Bonchev–Trinajstić information content (AvgIpc) is 2.25. The smallest absolute Gasteiger partial charge is 0.0396 e. The Morgan fingerprint density at radius 2 is 1.88 bits per heavy atom. The molecule has 0 amide bonds. The molecule has 1 aromatic rings. The summed E-state index contributed by atoms with van der Waals surface area (Å²) >= 11 is 0. The van der Waals surface area contributed by atoms with E-state index >= 15 is 0 Å². The normalized spacial score (nSPS) is 11.6. The van der Waals surface area contributed by atoms with Gasteiger partial charge < -0.3 is 10.6 Å². The van der Waals surface area contributed by atoms with Gasteiger partial charge in [-0.1, -0.05) is 25.1 Å². The van der Waals surface area contributed by atoms with Crippen LogP contribution in [0.4, 0.5) is 5.69 Å². The first kappa shape index (κ1) is 13.0. The van der Waals surface area contributed by atoms with Gasteiger partial charge in [0.05, 0.1) is 0 Å². The number of para-hydroxylation sites is 1. The maximum absolute atomic E-state index is 6.01. The number of hydrogen-bond acceptors (Lipinski definition) is 2. The molecule has 0 saturated carbocycles. The van der Waals surface area contributed by atoms with E-state index in [0.29, 0.717) is 0 Å². The Morgan fingerprint density at radius 3 is 2.44 bits per heavy atom. The molecule has 0 atom stereocenters. The second kappa shape index (κ2) is 5.35. The Kier molecular flexibility index (Phi) is 4.36. The van der Waals surface area contributed by atoms with Gasteiger partial charge in [0.25, 0.3) is 0 Å². The molecular formula is C14H24N2. The summed E-state index contributed by atoms with van der Waals surface area (Å²) in [5.41, 5.74) is 8.65. The van der Waals surface area contributed by atoms with Gasteiger partial charge >= 0.3 is 0 Å². The van der Waals surface area contributed by atoms with Gasteiger partial charge in [0.1, 0.15) is 0 Å². The van der Waals surface area contributed by atoms with E-state index in [1.54, 1.807) is 0 Å². The van der Waals surface area contributed by atoms with Crippen molar-refractivity contribution in [1.82, 2.24) is 0 Å². The molecule has 90 valence electrons. The van der Waals surface area contributed by atoms with Crippen LogP contribution >= 0.6 is 0 Å². The number of rotatable bonds is 5. The van der Waals surface area contributed by atoms with Crippen molar-refractivity contribution in [3.63, 3.8) is 0 Å². The van der Waals surface area contributed by atoms with Gasteiger partial charge in [-0.2, -0.15) is 0 Å². The zero-order valence-corrected chi connectivity index (χ0v) is 11.0. The lowest BCUT2D eigenvalue weighted by Crippen LogP contribution is -2.36. The molecule has 0 aliphatic heterocycles. The molecule has 2 nitrogen and oxygen atoms in total. The molecule has 0 unspecified atom stereocenters. The first-order valence-electron chi connectivity index (χ1n) is 6.02.